The zero-order chi connectivity index (χ0) is 12.9. The lowest BCUT2D eigenvalue weighted by Gasteiger charge is -2.28. The molecule has 0 atom stereocenters. The van der Waals surface area contributed by atoms with E-state index < -0.39 is 0 Å². The first-order valence-electron chi connectivity index (χ1n) is 5.74. The van der Waals surface area contributed by atoms with Crippen LogP contribution < -0.4 is 5.32 Å². The summed E-state index contributed by atoms with van der Waals surface area (Å²) in [6.45, 7) is 5.87. The third-order valence-corrected chi connectivity index (χ3v) is 2.41. The summed E-state index contributed by atoms with van der Waals surface area (Å²) in [5.41, 5.74) is 0.715. The molecule has 0 fully saturated rings. The number of nitrogens with zero attached hydrogens (tertiary/aromatic N) is 2. The van der Waals surface area contributed by atoms with Crippen LogP contribution in [-0.2, 0) is 0 Å². The lowest BCUT2D eigenvalue weighted by atomic mass is 9.93. The minimum atomic E-state index is -0.0424. The number of carbonyl (C=O) groups is 1. The van der Waals surface area contributed by atoms with Crippen molar-refractivity contribution in [3.8, 4) is 0 Å². The molecule has 1 aromatic rings. The molecule has 4 nitrogen and oxygen atoms in total. The molecule has 1 N–H and O–H groups in total. The second-order valence-corrected chi connectivity index (χ2v) is 5.32. The van der Waals surface area contributed by atoms with Crippen molar-refractivity contribution in [3.05, 3.63) is 30.1 Å². The summed E-state index contributed by atoms with van der Waals surface area (Å²) in [5.74, 6) is -0.0424. The molecular formula is C13H21N3O. The van der Waals surface area contributed by atoms with Gasteiger partial charge in [-0.3, -0.25) is 9.78 Å². The Bertz CT molecular complexity index is 360. The Labute approximate surface area is 103 Å². The molecule has 1 aromatic heterocycles. The van der Waals surface area contributed by atoms with Crippen molar-refractivity contribution in [2.24, 2.45) is 5.41 Å². The van der Waals surface area contributed by atoms with Crippen LogP contribution >= 0.6 is 0 Å². The van der Waals surface area contributed by atoms with Crippen LogP contribution in [0.15, 0.2) is 24.5 Å². The van der Waals surface area contributed by atoms with Gasteiger partial charge in [0.2, 0.25) is 0 Å². The van der Waals surface area contributed by atoms with Gasteiger partial charge in [-0.1, -0.05) is 13.8 Å². The highest BCUT2D eigenvalue weighted by Gasteiger charge is 2.19. The fourth-order valence-corrected chi connectivity index (χ4v) is 1.84. The minimum absolute atomic E-state index is 0.0424. The molecule has 94 valence electrons. The van der Waals surface area contributed by atoms with E-state index in [0.717, 1.165) is 6.54 Å². The molecule has 17 heavy (non-hydrogen) atoms. The van der Waals surface area contributed by atoms with Gasteiger partial charge in [-0.05, 0) is 31.6 Å². The lowest BCUT2D eigenvalue weighted by molar-refractivity contribution is 0.0929. The molecule has 0 aliphatic rings. The fraction of sp³-hybridized carbons (Fsp3) is 0.538. The highest BCUT2D eigenvalue weighted by molar-refractivity contribution is 5.93. The number of hydrogen-bond acceptors (Lipinski definition) is 3. The number of aromatic nitrogens is 1. The van der Waals surface area contributed by atoms with Crippen molar-refractivity contribution in [1.82, 2.24) is 15.2 Å². The van der Waals surface area contributed by atoms with E-state index in [0.29, 0.717) is 12.1 Å². The Hall–Kier alpha value is -1.42. The molecule has 0 aliphatic heterocycles. The number of hydrogen-bond donors (Lipinski definition) is 1. The number of rotatable bonds is 5. The van der Waals surface area contributed by atoms with Crippen LogP contribution in [0.5, 0.6) is 0 Å². The van der Waals surface area contributed by atoms with Crippen LogP contribution in [0.4, 0.5) is 0 Å². The van der Waals surface area contributed by atoms with Gasteiger partial charge in [0.05, 0.1) is 0 Å². The van der Waals surface area contributed by atoms with Crippen LogP contribution in [-0.4, -0.2) is 43.0 Å². The van der Waals surface area contributed by atoms with Gasteiger partial charge >= 0.3 is 0 Å². The molecular weight excluding hydrogens is 214 g/mol. The van der Waals surface area contributed by atoms with Crippen LogP contribution in [0.2, 0.25) is 0 Å². The molecule has 0 spiro atoms. The van der Waals surface area contributed by atoms with E-state index in [1.807, 2.05) is 14.1 Å². The summed E-state index contributed by atoms with van der Waals surface area (Å²) in [6.07, 6.45) is 3.25. The largest absolute Gasteiger partial charge is 0.351 e. The Kier molecular flexibility index (Phi) is 4.63. The summed E-state index contributed by atoms with van der Waals surface area (Å²) in [7, 11) is 4.07. The summed E-state index contributed by atoms with van der Waals surface area (Å²) in [6, 6.07) is 3.43. The SMILES string of the molecule is CN(C)CC(C)(C)CNC(=O)c1ccncc1. The van der Waals surface area contributed by atoms with E-state index in [-0.39, 0.29) is 11.3 Å². The molecule has 0 bridgehead atoms. The maximum Gasteiger partial charge on any atom is 0.251 e. The average molecular weight is 235 g/mol. The first kappa shape index (κ1) is 13.6. The number of amides is 1. The number of pyridine rings is 1. The molecule has 1 rings (SSSR count). The molecule has 4 heteroatoms. The van der Waals surface area contributed by atoms with Crippen LogP contribution in [0.25, 0.3) is 0 Å². The van der Waals surface area contributed by atoms with Gasteiger partial charge < -0.3 is 10.2 Å². The van der Waals surface area contributed by atoms with Gasteiger partial charge in [-0.15, -0.1) is 0 Å². The second kappa shape index (κ2) is 5.77. The van der Waals surface area contributed by atoms with E-state index in [4.69, 9.17) is 0 Å². The van der Waals surface area contributed by atoms with Gasteiger partial charge in [0.1, 0.15) is 0 Å². The monoisotopic (exact) mass is 235 g/mol. The molecule has 0 saturated carbocycles. The van der Waals surface area contributed by atoms with Crippen molar-refractivity contribution in [3.63, 3.8) is 0 Å². The van der Waals surface area contributed by atoms with Crippen molar-refractivity contribution in [1.29, 1.82) is 0 Å². The lowest BCUT2D eigenvalue weighted by Crippen LogP contribution is -2.39. The topological polar surface area (TPSA) is 45.2 Å². The van der Waals surface area contributed by atoms with Gasteiger partial charge in [-0.2, -0.15) is 0 Å². The Morgan fingerprint density at radius 1 is 1.35 bits per heavy atom. The molecule has 0 aliphatic carbocycles. The fourth-order valence-electron chi connectivity index (χ4n) is 1.84. The molecule has 0 saturated heterocycles. The van der Waals surface area contributed by atoms with Gasteiger partial charge in [0.15, 0.2) is 0 Å². The van der Waals surface area contributed by atoms with Gasteiger partial charge in [0, 0.05) is 31.0 Å². The standard InChI is InChI=1S/C13H21N3O/c1-13(2,10-16(3)4)9-15-12(17)11-5-7-14-8-6-11/h5-8H,9-10H2,1-4H3,(H,15,17). The van der Waals surface area contributed by atoms with E-state index in [1.165, 1.54) is 0 Å². The van der Waals surface area contributed by atoms with E-state index in [9.17, 15) is 4.79 Å². The number of nitrogens with one attached hydrogen (secondary N) is 1. The maximum absolute atomic E-state index is 11.8. The molecule has 1 amide bonds. The van der Waals surface area contributed by atoms with Crippen molar-refractivity contribution < 1.29 is 4.79 Å². The van der Waals surface area contributed by atoms with Crippen LogP contribution in [0.1, 0.15) is 24.2 Å². The predicted molar refractivity (Wildman–Crippen MR) is 68.9 cm³/mol. The quantitative estimate of drug-likeness (QED) is 0.839. The third kappa shape index (κ3) is 4.95. The van der Waals surface area contributed by atoms with Crippen molar-refractivity contribution in [2.45, 2.75) is 13.8 Å². The van der Waals surface area contributed by atoms with Crippen LogP contribution in [0, 0.1) is 5.41 Å². The predicted octanol–water partition coefficient (Wildman–Crippen LogP) is 1.40. The maximum atomic E-state index is 11.8. The first-order valence-corrected chi connectivity index (χ1v) is 5.74. The summed E-state index contributed by atoms with van der Waals surface area (Å²) >= 11 is 0. The average Bonchev–Trinajstić information content (AvgIpc) is 2.25. The van der Waals surface area contributed by atoms with Crippen molar-refractivity contribution in [2.75, 3.05) is 27.2 Å². The molecule has 1 heterocycles. The Morgan fingerprint density at radius 3 is 2.47 bits per heavy atom. The van der Waals surface area contributed by atoms with Gasteiger partial charge in [0.25, 0.3) is 5.91 Å². The zero-order valence-corrected chi connectivity index (χ0v) is 11.0. The Morgan fingerprint density at radius 2 is 1.94 bits per heavy atom. The molecule has 0 aromatic carbocycles. The van der Waals surface area contributed by atoms with Crippen molar-refractivity contribution >= 4 is 5.91 Å². The summed E-state index contributed by atoms with van der Waals surface area (Å²) in [4.78, 5) is 17.8. The summed E-state index contributed by atoms with van der Waals surface area (Å²) < 4.78 is 0. The van der Waals surface area contributed by atoms with E-state index >= 15 is 0 Å². The van der Waals surface area contributed by atoms with Crippen LogP contribution in [0.3, 0.4) is 0 Å². The number of carbonyl (C=O) groups excluding carboxylic acids is 1. The zero-order valence-electron chi connectivity index (χ0n) is 11.0. The molecule has 0 radical (unpaired) electrons. The highest BCUT2D eigenvalue weighted by atomic mass is 16.1. The first-order chi connectivity index (χ1) is 7.91. The van der Waals surface area contributed by atoms with E-state index in [1.54, 1.807) is 24.5 Å². The normalized spacial score (nSPS) is 11.6. The smallest absolute Gasteiger partial charge is 0.251 e. The molecule has 0 unspecified atom stereocenters. The van der Waals surface area contributed by atoms with E-state index in [2.05, 4.69) is 29.0 Å². The second-order valence-electron chi connectivity index (χ2n) is 5.32. The minimum Gasteiger partial charge on any atom is -0.351 e. The third-order valence-electron chi connectivity index (χ3n) is 2.41. The van der Waals surface area contributed by atoms with Gasteiger partial charge in [-0.25, -0.2) is 0 Å². The summed E-state index contributed by atoms with van der Waals surface area (Å²) in [5, 5.41) is 2.95. The Balaban J connectivity index is 2.48. The highest BCUT2D eigenvalue weighted by Crippen LogP contribution is 2.14.